The summed E-state index contributed by atoms with van der Waals surface area (Å²) in [7, 11) is 0. The number of aryl methyl sites for hydroxylation is 3. The van der Waals surface area contributed by atoms with Crippen LogP contribution in [0, 0.1) is 25.4 Å². The number of benzene rings is 1. The maximum absolute atomic E-state index is 8.42. The molecule has 0 amide bonds. The number of hydrogen-bond acceptors (Lipinski definition) is 2. The number of nitrogens with zero attached hydrogens (tertiary/aromatic N) is 1. The van der Waals surface area contributed by atoms with E-state index in [0.717, 1.165) is 17.5 Å². The predicted octanol–water partition coefficient (Wildman–Crippen LogP) is 2.73. The van der Waals surface area contributed by atoms with Crippen molar-refractivity contribution in [1.82, 2.24) is 0 Å². The molecule has 0 aromatic heterocycles. The predicted molar refractivity (Wildman–Crippen MR) is 51.5 cm³/mol. The van der Waals surface area contributed by atoms with Crippen LogP contribution in [0.15, 0.2) is 12.1 Å². The molecule has 0 radical (unpaired) electrons. The Labute approximate surface area is 78.8 Å². The van der Waals surface area contributed by atoms with Crippen LogP contribution in [0.25, 0.3) is 0 Å². The van der Waals surface area contributed by atoms with Crippen molar-refractivity contribution in [2.45, 2.75) is 27.2 Å². The standard InChI is InChI=1S/C11H13NO/c1-4-10-5-8(2)11(13-7-12)9(3)6-10/h5-6H,4H2,1-3H3. The van der Waals surface area contributed by atoms with Crippen molar-refractivity contribution in [3.05, 3.63) is 28.8 Å². The first-order chi connectivity index (χ1) is 6.19. The van der Waals surface area contributed by atoms with Gasteiger partial charge in [-0.1, -0.05) is 19.1 Å². The van der Waals surface area contributed by atoms with Crippen molar-refractivity contribution >= 4 is 0 Å². The normalized spacial score (nSPS) is 9.38. The molecule has 0 saturated heterocycles. The zero-order valence-electron chi connectivity index (χ0n) is 8.22. The van der Waals surface area contributed by atoms with E-state index in [4.69, 9.17) is 10.00 Å². The lowest BCUT2D eigenvalue weighted by Gasteiger charge is -2.07. The molecule has 13 heavy (non-hydrogen) atoms. The molecule has 0 atom stereocenters. The molecule has 1 rings (SSSR count). The minimum atomic E-state index is 0.694. The molecule has 0 N–H and O–H groups in total. The Kier molecular flexibility index (Phi) is 2.92. The first-order valence-electron chi connectivity index (χ1n) is 4.35. The molecular weight excluding hydrogens is 162 g/mol. The summed E-state index contributed by atoms with van der Waals surface area (Å²) < 4.78 is 4.87. The van der Waals surface area contributed by atoms with Crippen molar-refractivity contribution < 1.29 is 4.74 Å². The number of nitriles is 1. The first-order valence-corrected chi connectivity index (χ1v) is 4.35. The maximum atomic E-state index is 8.42. The van der Waals surface area contributed by atoms with Gasteiger partial charge in [0.15, 0.2) is 0 Å². The number of rotatable bonds is 2. The van der Waals surface area contributed by atoms with Crippen LogP contribution < -0.4 is 4.74 Å². The molecule has 0 aliphatic rings. The molecule has 1 aromatic rings. The van der Waals surface area contributed by atoms with Crippen LogP contribution >= 0.6 is 0 Å². The Morgan fingerprint density at radius 1 is 1.31 bits per heavy atom. The smallest absolute Gasteiger partial charge is 0.292 e. The van der Waals surface area contributed by atoms with E-state index in [1.807, 2.05) is 13.8 Å². The van der Waals surface area contributed by atoms with Gasteiger partial charge in [-0.25, -0.2) is 0 Å². The van der Waals surface area contributed by atoms with Crippen LogP contribution in [-0.2, 0) is 6.42 Å². The van der Waals surface area contributed by atoms with Crippen LogP contribution in [0.3, 0.4) is 0 Å². The maximum Gasteiger partial charge on any atom is 0.292 e. The molecule has 0 saturated carbocycles. The molecule has 1 aromatic carbocycles. The molecule has 0 aliphatic carbocycles. The molecule has 0 spiro atoms. The molecule has 0 heterocycles. The van der Waals surface area contributed by atoms with Gasteiger partial charge in [0, 0.05) is 0 Å². The Balaban J connectivity index is 3.16. The fourth-order valence-electron chi connectivity index (χ4n) is 1.45. The Bertz CT molecular complexity index is 327. The van der Waals surface area contributed by atoms with Crippen LogP contribution in [0.1, 0.15) is 23.6 Å². The minimum absolute atomic E-state index is 0.694. The van der Waals surface area contributed by atoms with Crippen LogP contribution in [-0.4, -0.2) is 0 Å². The minimum Gasteiger partial charge on any atom is -0.387 e. The van der Waals surface area contributed by atoms with Crippen molar-refractivity contribution in [3.63, 3.8) is 0 Å². The van der Waals surface area contributed by atoms with Crippen molar-refractivity contribution in [3.8, 4) is 12.0 Å². The highest BCUT2D eigenvalue weighted by atomic mass is 16.5. The quantitative estimate of drug-likeness (QED) is 0.647. The van der Waals surface area contributed by atoms with E-state index >= 15 is 0 Å². The molecule has 2 nitrogen and oxygen atoms in total. The van der Waals surface area contributed by atoms with Gasteiger partial charge in [0.05, 0.1) is 0 Å². The van der Waals surface area contributed by atoms with Crippen LogP contribution in [0.5, 0.6) is 5.75 Å². The topological polar surface area (TPSA) is 33.0 Å². The second-order valence-electron chi connectivity index (χ2n) is 3.11. The first kappa shape index (κ1) is 9.60. The summed E-state index contributed by atoms with van der Waals surface area (Å²) >= 11 is 0. The zero-order valence-corrected chi connectivity index (χ0v) is 8.22. The van der Waals surface area contributed by atoms with Crippen LogP contribution in [0.4, 0.5) is 0 Å². The summed E-state index contributed by atoms with van der Waals surface area (Å²) in [4.78, 5) is 0. The van der Waals surface area contributed by atoms with E-state index in [2.05, 4.69) is 19.1 Å². The van der Waals surface area contributed by atoms with E-state index in [-0.39, 0.29) is 0 Å². The van der Waals surface area contributed by atoms with Gasteiger partial charge >= 0.3 is 0 Å². The Morgan fingerprint density at radius 3 is 2.23 bits per heavy atom. The van der Waals surface area contributed by atoms with E-state index < -0.39 is 0 Å². The summed E-state index contributed by atoms with van der Waals surface area (Å²) in [6, 6.07) is 4.11. The van der Waals surface area contributed by atoms with E-state index in [9.17, 15) is 0 Å². The lowest BCUT2D eigenvalue weighted by atomic mass is 10.0. The van der Waals surface area contributed by atoms with Gasteiger partial charge in [-0.3, -0.25) is 0 Å². The third-order valence-electron chi connectivity index (χ3n) is 2.08. The van der Waals surface area contributed by atoms with Gasteiger partial charge in [-0.15, -0.1) is 5.26 Å². The van der Waals surface area contributed by atoms with Gasteiger partial charge in [0.1, 0.15) is 5.75 Å². The average Bonchev–Trinajstić information content (AvgIpc) is 2.11. The van der Waals surface area contributed by atoms with Gasteiger partial charge in [-0.2, -0.15) is 0 Å². The molecule has 0 fully saturated rings. The average molecular weight is 175 g/mol. The molecule has 0 aliphatic heterocycles. The summed E-state index contributed by atoms with van der Waals surface area (Å²) in [5.41, 5.74) is 3.33. The van der Waals surface area contributed by atoms with Crippen LogP contribution in [0.2, 0.25) is 0 Å². The lowest BCUT2D eigenvalue weighted by molar-refractivity contribution is 0.498. The zero-order chi connectivity index (χ0) is 9.84. The summed E-state index contributed by atoms with van der Waals surface area (Å²) in [6.07, 6.45) is 2.71. The monoisotopic (exact) mass is 175 g/mol. The van der Waals surface area contributed by atoms with Gasteiger partial charge in [-0.05, 0) is 37.0 Å². The lowest BCUT2D eigenvalue weighted by Crippen LogP contribution is -1.92. The van der Waals surface area contributed by atoms with E-state index in [0.29, 0.717) is 5.75 Å². The SMILES string of the molecule is CCc1cc(C)c(OC#N)c(C)c1. The summed E-state index contributed by atoms with van der Waals surface area (Å²) in [5, 5.41) is 8.42. The summed E-state index contributed by atoms with van der Waals surface area (Å²) in [5.74, 6) is 0.694. The van der Waals surface area contributed by atoms with Crippen molar-refractivity contribution in [2.75, 3.05) is 0 Å². The molecule has 0 bridgehead atoms. The van der Waals surface area contributed by atoms with Crippen molar-refractivity contribution in [2.24, 2.45) is 0 Å². The molecule has 2 heteroatoms. The Morgan fingerprint density at radius 2 is 1.85 bits per heavy atom. The van der Waals surface area contributed by atoms with Gasteiger partial charge in [0.2, 0.25) is 0 Å². The fourth-order valence-corrected chi connectivity index (χ4v) is 1.45. The highest BCUT2D eigenvalue weighted by molar-refractivity contribution is 5.43. The molecule has 0 unspecified atom stereocenters. The molecule has 68 valence electrons. The largest absolute Gasteiger partial charge is 0.387 e. The van der Waals surface area contributed by atoms with Crippen molar-refractivity contribution in [1.29, 1.82) is 5.26 Å². The fraction of sp³-hybridized carbons (Fsp3) is 0.364. The van der Waals surface area contributed by atoms with E-state index in [1.54, 1.807) is 6.26 Å². The number of ether oxygens (including phenoxy) is 1. The second-order valence-corrected chi connectivity index (χ2v) is 3.11. The Hall–Kier alpha value is -1.49. The number of hydrogen-bond donors (Lipinski definition) is 0. The van der Waals surface area contributed by atoms with Gasteiger partial charge < -0.3 is 4.74 Å². The highest BCUT2D eigenvalue weighted by Gasteiger charge is 2.05. The van der Waals surface area contributed by atoms with Gasteiger partial charge in [0.25, 0.3) is 6.26 Å². The second kappa shape index (κ2) is 3.95. The van der Waals surface area contributed by atoms with E-state index in [1.165, 1.54) is 5.56 Å². The molecular formula is C11H13NO. The third kappa shape index (κ3) is 2.00. The third-order valence-corrected chi connectivity index (χ3v) is 2.08. The summed E-state index contributed by atoms with van der Waals surface area (Å²) in [6.45, 7) is 6.02. The highest BCUT2D eigenvalue weighted by Crippen LogP contribution is 2.24.